The van der Waals surface area contributed by atoms with Gasteiger partial charge in [0, 0.05) is 43.7 Å². The molecule has 1 N–H and O–H groups in total. The summed E-state index contributed by atoms with van der Waals surface area (Å²) in [5.41, 5.74) is 0. The van der Waals surface area contributed by atoms with Gasteiger partial charge in [0.2, 0.25) is 5.91 Å². The van der Waals surface area contributed by atoms with Crippen molar-refractivity contribution in [2.45, 2.75) is 57.0 Å². The molecule has 4 heteroatoms. The number of hydrogen-bond donors (Lipinski definition) is 1. The lowest BCUT2D eigenvalue weighted by Crippen LogP contribution is -2.72. The van der Waals surface area contributed by atoms with Crippen molar-refractivity contribution < 1.29 is 14.6 Å². The molecule has 4 rings (SSSR count). The predicted octanol–water partition coefficient (Wildman–Crippen LogP) is 1.78. The summed E-state index contributed by atoms with van der Waals surface area (Å²) in [4.78, 5) is 14.4. The summed E-state index contributed by atoms with van der Waals surface area (Å²) >= 11 is 0. The van der Waals surface area contributed by atoms with Crippen molar-refractivity contribution in [3.63, 3.8) is 0 Å². The van der Waals surface area contributed by atoms with Gasteiger partial charge in [-0.3, -0.25) is 4.79 Å². The molecule has 4 saturated heterocycles. The first-order valence-electron chi connectivity index (χ1n) is 8.08. The third kappa shape index (κ3) is 1.69. The largest absolute Gasteiger partial charge is 0.339 e. The van der Waals surface area contributed by atoms with E-state index in [1.54, 1.807) is 0 Å². The van der Waals surface area contributed by atoms with Gasteiger partial charge in [-0.1, -0.05) is 0 Å². The van der Waals surface area contributed by atoms with Crippen LogP contribution in [0.5, 0.6) is 0 Å². The van der Waals surface area contributed by atoms with Crippen molar-refractivity contribution in [2.75, 3.05) is 19.6 Å². The molecule has 0 radical (unpaired) electrons. The molecule has 106 valence electrons. The number of quaternary nitrogens is 1. The van der Waals surface area contributed by atoms with E-state index < -0.39 is 0 Å². The van der Waals surface area contributed by atoms with Crippen molar-refractivity contribution in [3.05, 3.63) is 0 Å². The number of hydroxylamine groups is 3. The standard InChI is InChI=1S/C15H25N2O2/c18-14-7-1-6-13-12-5-3-9-17(19)8-2-4-11(15(12)17)10-16(13)14/h11-13,15,19H,1-10H2/q+1/t11?,12-,13-,15?,17?/m1/s1. The molecule has 0 aromatic carbocycles. The molecule has 3 unspecified atom stereocenters. The third-order valence-corrected chi connectivity index (χ3v) is 6.22. The zero-order valence-electron chi connectivity index (χ0n) is 11.6. The quantitative estimate of drug-likeness (QED) is 0.678. The first-order chi connectivity index (χ1) is 9.19. The Hall–Kier alpha value is -0.610. The molecule has 4 heterocycles. The molecule has 4 aliphatic rings. The molecule has 4 nitrogen and oxygen atoms in total. The topological polar surface area (TPSA) is 40.5 Å². The SMILES string of the molecule is O=C1CCC[C@@H]2[C@H]3CCC[N+]4(O)CCCC(CN12)C34. The van der Waals surface area contributed by atoms with Crippen LogP contribution in [0.2, 0.25) is 0 Å². The highest BCUT2D eigenvalue weighted by Crippen LogP contribution is 2.47. The number of hydrogen-bond acceptors (Lipinski definition) is 2. The Morgan fingerprint density at radius 1 is 1.11 bits per heavy atom. The highest BCUT2D eigenvalue weighted by molar-refractivity contribution is 5.77. The minimum Gasteiger partial charge on any atom is -0.339 e. The fraction of sp³-hybridized carbons (Fsp3) is 0.933. The maximum absolute atomic E-state index is 12.2. The molecule has 0 aromatic rings. The minimum absolute atomic E-state index is 0.327. The van der Waals surface area contributed by atoms with Crippen LogP contribution in [-0.4, -0.2) is 52.4 Å². The second-order valence-electron chi connectivity index (χ2n) is 7.14. The van der Waals surface area contributed by atoms with Crippen LogP contribution in [0.1, 0.15) is 44.9 Å². The molecule has 0 bridgehead atoms. The molecular formula is C15H25N2O2+. The van der Waals surface area contributed by atoms with E-state index in [-0.39, 0.29) is 0 Å². The number of nitrogens with zero attached hydrogens (tertiary/aromatic N) is 2. The minimum atomic E-state index is 0.327. The number of carbonyl (C=O) groups excluding carboxylic acids is 1. The Morgan fingerprint density at radius 3 is 2.74 bits per heavy atom. The van der Waals surface area contributed by atoms with Crippen LogP contribution < -0.4 is 0 Å². The van der Waals surface area contributed by atoms with Crippen LogP contribution in [0, 0.1) is 11.8 Å². The van der Waals surface area contributed by atoms with Crippen LogP contribution in [0.4, 0.5) is 0 Å². The Morgan fingerprint density at radius 2 is 1.89 bits per heavy atom. The third-order valence-electron chi connectivity index (χ3n) is 6.22. The zero-order chi connectivity index (χ0) is 13.0. The van der Waals surface area contributed by atoms with Gasteiger partial charge in [-0.2, -0.15) is 4.65 Å². The van der Waals surface area contributed by atoms with Crippen molar-refractivity contribution in [2.24, 2.45) is 11.8 Å². The van der Waals surface area contributed by atoms with Gasteiger partial charge in [-0.05, 0) is 25.7 Å². The molecule has 0 spiro atoms. The Balaban J connectivity index is 1.69. The summed E-state index contributed by atoms with van der Waals surface area (Å²) in [5, 5.41) is 11.0. The van der Waals surface area contributed by atoms with Gasteiger partial charge < -0.3 is 4.90 Å². The summed E-state index contributed by atoms with van der Waals surface area (Å²) in [5.74, 6) is 1.48. The van der Waals surface area contributed by atoms with E-state index in [9.17, 15) is 10.0 Å². The molecular weight excluding hydrogens is 240 g/mol. The van der Waals surface area contributed by atoms with E-state index in [2.05, 4.69) is 4.90 Å². The van der Waals surface area contributed by atoms with E-state index in [4.69, 9.17) is 0 Å². The fourth-order valence-electron chi connectivity index (χ4n) is 5.58. The van der Waals surface area contributed by atoms with Crippen LogP contribution in [0.25, 0.3) is 0 Å². The highest BCUT2D eigenvalue weighted by atomic mass is 16.5. The second kappa shape index (κ2) is 4.19. The summed E-state index contributed by atoms with van der Waals surface area (Å²) in [6, 6.07) is 0.861. The van der Waals surface area contributed by atoms with Gasteiger partial charge in [0.1, 0.15) is 19.1 Å². The number of carbonyl (C=O) groups is 1. The van der Waals surface area contributed by atoms with Crippen LogP contribution in [-0.2, 0) is 4.79 Å². The van der Waals surface area contributed by atoms with Gasteiger partial charge in [0.25, 0.3) is 0 Å². The molecule has 4 aliphatic heterocycles. The summed E-state index contributed by atoms with van der Waals surface area (Å²) in [6.07, 6.45) is 7.65. The Labute approximate surface area is 114 Å². The van der Waals surface area contributed by atoms with Gasteiger partial charge in [0.15, 0.2) is 0 Å². The predicted molar refractivity (Wildman–Crippen MR) is 70.4 cm³/mol. The highest BCUT2D eigenvalue weighted by Gasteiger charge is 2.58. The molecule has 1 amide bonds. The van der Waals surface area contributed by atoms with E-state index in [0.29, 0.717) is 34.5 Å². The van der Waals surface area contributed by atoms with Crippen LogP contribution >= 0.6 is 0 Å². The molecule has 0 saturated carbocycles. The summed E-state index contributed by atoms with van der Waals surface area (Å²) < 4.78 is 0.327. The van der Waals surface area contributed by atoms with Crippen LogP contribution in [0.15, 0.2) is 0 Å². The zero-order valence-corrected chi connectivity index (χ0v) is 11.6. The van der Waals surface area contributed by atoms with Gasteiger partial charge in [0.05, 0.1) is 0 Å². The van der Waals surface area contributed by atoms with Gasteiger partial charge >= 0.3 is 0 Å². The van der Waals surface area contributed by atoms with Crippen molar-refractivity contribution in [1.29, 1.82) is 0 Å². The molecule has 19 heavy (non-hydrogen) atoms. The number of amides is 1. The van der Waals surface area contributed by atoms with Gasteiger partial charge in [-0.25, -0.2) is 5.21 Å². The first kappa shape index (κ1) is 12.2. The smallest absolute Gasteiger partial charge is 0.222 e. The summed E-state index contributed by atoms with van der Waals surface area (Å²) in [7, 11) is 0. The second-order valence-corrected chi connectivity index (χ2v) is 7.14. The fourth-order valence-corrected chi connectivity index (χ4v) is 5.58. The lowest BCUT2D eigenvalue weighted by molar-refractivity contribution is -1.13. The molecule has 4 fully saturated rings. The Kier molecular flexibility index (Phi) is 2.68. The molecule has 0 aromatic heterocycles. The number of piperidine rings is 4. The average Bonchev–Trinajstić information content (AvgIpc) is 2.40. The molecule has 0 aliphatic carbocycles. The monoisotopic (exact) mass is 265 g/mol. The lowest BCUT2D eigenvalue weighted by Gasteiger charge is -2.58. The normalized spacial score (nSPS) is 49.5. The summed E-state index contributed by atoms with van der Waals surface area (Å²) in [6.45, 7) is 2.81. The first-order valence-corrected chi connectivity index (χ1v) is 8.08. The van der Waals surface area contributed by atoms with Crippen LogP contribution in [0.3, 0.4) is 0 Å². The van der Waals surface area contributed by atoms with Crippen molar-refractivity contribution >= 4 is 5.91 Å². The van der Waals surface area contributed by atoms with E-state index in [0.717, 1.165) is 45.3 Å². The maximum atomic E-state index is 12.2. The average molecular weight is 265 g/mol. The maximum Gasteiger partial charge on any atom is 0.222 e. The van der Waals surface area contributed by atoms with E-state index in [1.807, 2.05) is 0 Å². The molecule has 5 atom stereocenters. The Bertz CT molecular complexity index is 396. The van der Waals surface area contributed by atoms with Crippen molar-refractivity contribution in [1.82, 2.24) is 4.90 Å². The van der Waals surface area contributed by atoms with E-state index >= 15 is 0 Å². The van der Waals surface area contributed by atoms with E-state index in [1.165, 1.54) is 19.3 Å². The lowest BCUT2D eigenvalue weighted by atomic mass is 9.67. The number of fused-ring (bicyclic) bond motifs is 2. The number of rotatable bonds is 0. The van der Waals surface area contributed by atoms with Crippen molar-refractivity contribution in [3.8, 4) is 0 Å². The van der Waals surface area contributed by atoms with Gasteiger partial charge in [-0.15, -0.1) is 0 Å².